The Kier molecular flexibility index (Phi) is 3.45. The van der Waals surface area contributed by atoms with Crippen molar-refractivity contribution in [1.82, 2.24) is 4.98 Å². The Morgan fingerprint density at radius 3 is 2.70 bits per heavy atom. The normalized spacial score (nSPS) is 11.2. The molecule has 2 aromatic carbocycles. The predicted molar refractivity (Wildman–Crippen MR) is 88.2 cm³/mol. The minimum atomic E-state index is 0.496. The zero-order chi connectivity index (χ0) is 14.1. The van der Waals surface area contributed by atoms with E-state index < -0.39 is 0 Å². The van der Waals surface area contributed by atoms with Gasteiger partial charge in [-0.25, -0.2) is 4.98 Å². The van der Waals surface area contributed by atoms with Gasteiger partial charge in [0.2, 0.25) is 0 Å². The zero-order valence-corrected chi connectivity index (χ0v) is 12.8. The smallest absolute Gasteiger partial charge is 0.188 e. The first-order valence-corrected chi connectivity index (χ1v) is 7.68. The van der Waals surface area contributed by atoms with Gasteiger partial charge in [-0.2, -0.15) is 0 Å². The number of nitrogens with zero attached hydrogens (tertiary/aromatic N) is 1. The number of aromatic nitrogens is 1. The number of thiazole rings is 1. The quantitative estimate of drug-likeness (QED) is 0.688. The lowest BCUT2D eigenvalue weighted by molar-refractivity contribution is 0.869. The largest absolute Gasteiger partial charge is 0.331 e. The highest BCUT2D eigenvalue weighted by Crippen LogP contribution is 2.31. The first-order valence-electron chi connectivity index (χ1n) is 6.86. The molecule has 0 amide bonds. The molecule has 1 heterocycles. The fraction of sp³-hybridized carbons (Fsp3) is 0.235. The molecule has 0 saturated carbocycles. The van der Waals surface area contributed by atoms with Gasteiger partial charge in [0, 0.05) is 5.69 Å². The molecule has 0 spiro atoms. The summed E-state index contributed by atoms with van der Waals surface area (Å²) in [5.74, 6) is 0.496. The third kappa shape index (κ3) is 2.54. The van der Waals surface area contributed by atoms with Crippen LogP contribution in [0.15, 0.2) is 42.5 Å². The van der Waals surface area contributed by atoms with Crippen molar-refractivity contribution in [2.45, 2.75) is 26.7 Å². The van der Waals surface area contributed by atoms with E-state index in [-0.39, 0.29) is 0 Å². The summed E-state index contributed by atoms with van der Waals surface area (Å²) in [7, 11) is 0. The van der Waals surface area contributed by atoms with Gasteiger partial charge in [-0.1, -0.05) is 49.4 Å². The van der Waals surface area contributed by atoms with Crippen molar-refractivity contribution < 1.29 is 0 Å². The molecule has 1 aromatic heterocycles. The van der Waals surface area contributed by atoms with E-state index >= 15 is 0 Å². The van der Waals surface area contributed by atoms with Crippen molar-refractivity contribution >= 4 is 32.4 Å². The second-order valence-electron chi connectivity index (χ2n) is 5.36. The molecule has 0 radical (unpaired) electrons. The van der Waals surface area contributed by atoms with Crippen LogP contribution in [-0.4, -0.2) is 4.98 Å². The zero-order valence-electron chi connectivity index (χ0n) is 12.0. The van der Waals surface area contributed by atoms with Crippen molar-refractivity contribution in [2.24, 2.45) is 0 Å². The van der Waals surface area contributed by atoms with E-state index in [0.29, 0.717) is 5.92 Å². The Labute approximate surface area is 123 Å². The molecule has 0 saturated heterocycles. The first kappa shape index (κ1) is 13.1. The summed E-state index contributed by atoms with van der Waals surface area (Å²) in [4.78, 5) is 4.68. The van der Waals surface area contributed by atoms with Crippen LogP contribution in [0.2, 0.25) is 0 Å². The lowest BCUT2D eigenvalue weighted by Gasteiger charge is -2.12. The maximum atomic E-state index is 4.68. The van der Waals surface area contributed by atoms with Crippen LogP contribution in [0.4, 0.5) is 10.8 Å². The average molecular weight is 282 g/mol. The molecule has 3 rings (SSSR count). The van der Waals surface area contributed by atoms with E-state index in [1.807, 2.05) is 0 Å². The van der Waals surface area contributed by atoms with E-state index in [2.05, 4.69) is 73.5 Å². The standard InChI is InChI=1S/C17H18N2S/c1-11(2)13-6-4-5-7-14(13)18-17-19-15-10-12(3)8-9-16(15)20-17/h4-11H,1-3H3,(H,18,19). The SMILES string of the molecule is Cc1ccc2sc(Nc3ccccc3C(C)C)nc2c1. The molecule has 3 aromatic rings. The third-order valence-electron chi connectivity index (χ3n) is 3.37. The topological polar surface area (TPSA) is 24.9 Å². The lowest BCUT2D eigenvalue weighted by Crippen LogP contribution is -1.96. The molecule has 0 fully saturated rings. The third-order valence-corrected chi connectivity index (χ3v) is 4.32. The predicted octanol–water partition coefficient (Wildman–Crippen LogP) is 5.47. The van der Waals surface area contributed by atoms with Gasteiger partial charge in [0.15, 0.2) is 5.13 Å². The number of rotatable bonds is 3. The number of hydrogen-bond donors (Lipinski definition) is 1. The Morgan fingerprint density at radius 1 is 1.10 bits per heavy atom. The van der Waals surface area contributed by atoms with Gasteiger partial charge in [-0.3, -0.25) is 0 Å². The number of fused-ring (bicyclic) bond motifs is 1. The molecule has 102 valence electrons. The Balaban J connectivity index is 1.97. The number of aryl methyl sites for hydroxylation is 1. The summed E-state index contributed by atoms with van der Waals surface area (Å²) in [5.41, 5.74) is 4.79. The fourth-order valence-electron chi connectivity index (χ4n) is 2.32. The highest BCUT2D eigenvalue weighted by Gasteiger charge is 2.09. The van der Waals surface area contributed by atoms with Crippen molar-refractivity contribution in [3.8, 4) is 0 Å². The summed E-state index contributed by atoms with van der Waals surface area (Å²) in [6.45, 7) is 6.52. The van der Waals surface area contributed by atoms with E-state index in [1.165, 1.54) is 15.8 Å². The van der Waals surface area contributed by atoms with Gasteiger partial charge in [-0.15, -0.1) is 0 Å². The first-order chi connectivity index (χ1) is 9.63. The molecule has 0 atom stereocenters. The molecule has 0 aliphatic rings. The van der Waals surface area contributed by atoms with Crippen molar-refractivity contribution in [3.05, 3.63) is 53.6 Å². The number of anilines is 2. The van der Waals surface area contributed by atoms with Crippen LogP contribution >= 0.6 is 11.3 Å². The summed E-state index contributed by atoms with van der Waals surface area (Å²) in [6.07, 6.45) is 0. The van der Waals surface area contributed by atoms with Gasteiger partial charge in [0.25, 0.3) is 0 Å². The molecule has 3 heteroatoms. The maximum absolute atomic E-state index is 4.68. The minimum Gasteiger partial charge on any atom is -0.331 e. The van der Waals surface area contributed by atoms with Crippen LogP contribution < -0.4 is 5.32 Å². The molecule has 1 N–H and O–H groups in total. The number of para-hydroxylation sites is 1. The van der Waals surface area contributed by atoms with Gasteiger partial charge < -0.3 is 5.32 Å². The van der Waals surface area contributed by atoms with Crippen LogP contribution in [0.5, 0.6) is 0 Å². The van der Waals surface area contributed by atoms with Gasteiger partial charge in [0.1, 0.15) is 0 Å². The molecule has 0 aliphatic heterocycles. The molecule has 0 bridgehead atoms. The fourth-order valence-corrected chi connectivity index (χ4v) is 3.18. The highest BCUT2D eigenvalue weighted by molar-refractivity contribution is 7.22. The second kappa shape index (κ2) is 5.25. The molecular formula is C17H18N2S. The van der Waals surface area contributed by atoms with Crippen molar-refractivity contribution in [3.63, 3.8) is 0 Å². The van der Waals surface area contributed by atoms with Crippen LogP contribution in [0, 0.1) is 6.92 Å². The number of benzene rings is 2. The van der Waals surface area contributed by atoms with Crippen LogP contribution in [-0.2, 0) is 0 Å². The molecule has 0 unspecified atom stereocenters. The monoisotopic (exact) mass is 282 g/mol. The highest BCUT2D eigenvalue weighted by atomic mass is 32.1. The van der Waals surface area contributed by atoms with Gasteiger partial charge in [-0.05, 0) is 42.2 Å². The van der Waals surface area contributed by atoms with Crippen molar-refractivity contribution in [1.29, 1.82) is 0 Å². The molecule has 2 nitrogen and oxygen atoms in total. The Hall–Kier alpha value is -1.87. The number of nitrogens with one attached hydrogen (secondary N) is 1. The van der Waals surface area contributed by atoms with E-state index in [4.69, 9.17) is 0 Å². The van der Waals surface area contributed by atoms with Crippen LogP contribution in [0.1, 0.15) is 30.9 Å². The van der Waals surface area contributed by atoms with E-state index in [0.717, 1.165) is 16.3 Å². The number of hydrogen-bond acceptors (Lipinski definition) is 3. The van der Waals surface area contributed by atoms with Crippen LogP contribution in [0.25, 0.3) is 10.2 Å². The summed E-state index contributed by atoms with van der Waals surface area (Å²) in [6, 6.07) is 14.8. The Bertz CT molecular complexity index is 744. The lowest BCUT2D eigenvalue weighted by atomic mass is 10.0. The van der Waals surface area contributed by atoms with Gasteiger partial charge in [0.05, 0.1) is 10.2 Å². The molecule has 0 aliphatic carbocycles. The van der Waals surface area contributed by atoms with Crippen LogP contribution in [0.3, 0.4) is 0 Å². The second-order valence-corrected chi connectivity index (χ2v) is 6.39. The molecule has 20 heavy (non-hydrogen) atoms. The average Bonchev–Trinajstić information content (AvgIpc) is 2.80. The summed E-state index contributed by atoms with van der Waals surface area (Å²) < 4.78 is 1.22. The van der Waals surface area contributed by atoms with Crippen molar-refractivity contribution in [2.75, 3.05) is 5.32 Å². The molecular weight excluding hydrogens is 264 g/mol. The minimum absolute atomic E-state index is 0.496. The summed E-state index contributed by atoms with van der Waals surface area (Å²) in [5, 5.41) is 4.43. The van der Waals surface area contributed by atoms with E-state index in [1.54, 1.807) is 11.3 Å². The Morgan fingerprint density at radius 2 is 1.90 bits per heavy atom. The van der Waals surface area contributed by atoms with Gasteiger partial charge >= 0.3 is 0 Å². The summed E-state index contributed by atoms with van der Waals surface area (Å²) >= 11 is 1.70. The maximum Gasteiger partial charge on any atom is 0.188 e. The van der Waals surface area contributed by atoms with E-state index in [9.17, 15) is 0 Å².